The lowest BCUT2D eigenvalue weighted by molar-refractivity contribution is 1.05. The Hall–Kier alpha value is -1.23. The number of aryl methyl sites for hydroxylation is 1. The highest BCUT2D eigenvalue weighted by atomic mass is 79.9. The molecular formula is C8H9BrN4. The molecule has 0 bridgehead atoms. The number of hydrogen-bond acceptors (Lipinski definition) is 3. The zero-order valence-corrected chi connectivity index (χ0v) is 8.67. The molecule has 0 atom stereocenters. The maximum absolute atomic E-state index is 5.69. The third kappa shape index (κ3) is 1.16. The van der Waals surface area contributed by atoms with Crippen LogP contribution in [0.5, 0.6) is 0 Å². The number of aromatic nitrogens is 2. The first kappa shape index (κ1) is 8.37. The van der Waals surface area contributed by atoms with Gasteiger partial charge in [-0.2, -0.15) is 0 Å². The van der Waals surface area contributed by atoms with Crippen LogP contribution in [0.15, 0.2) is 16.6 Å². The Kier molecular flexibility index (Phi) is 1.69. The number of nitrogens with zero attached hydrogens (tertiary/aromatic N) is 2. The van der Waals surface area contributed by atoms with Gasteiger partial charge in [-0.05, 0) is 40.5 Å². The average Bonchev–Trinajstić information content (AvgIpc) is 2.27. The van der Waals surface area contributed by atoms with E-state index in [4.69, 9.17) is 11.6 Å². The predicted molar refractivity (Wildman–Crippen MR) is 56.7 cm³/mol. The van der Waals surface area contributed by atoms with E-state index < -0.39 is 0 Å². The summed E-state index contributed by atoms with van der Waals surface area (Å²) in [5.74, 6) is 6.01. The Bertz CT molecular complexity index is 474. The van der Waals surface area contributed by atoms with E-state index in [1.807, 2.05) is 19.1 Å². The van der Waals surface area contributed by atoms with Crippen LogP contribution < -0.4 is 11.6 Å². The SMILES string of the molecule is Cc1cc(Br)c2c(c1)nc(N)n2N. The van der Waals surface area contributed by atoms with Crippen molar-refractivity contribution in [3.63, 3.8) is 0 Å². The topological polar surface area (TPSA) is 69.9 Å². The monoisotopic (exact) mass is 240 g/mol. The van der Waals surface area contributed by atoms with Crippen LogP contribution in [0.2, 0.25) is 0 Å². The Labute approximate surface area is 83.6 Å². The van der Waals surface area contributed by atoms with Crippen molar-refractivity contribution in [3.05, 3.63) is 22.2 Å². The van der Waals surface area contributed by atoms with Crippen LogP contribution in [0.4, 0.5) is 5.95 Å². The molecule has 0 saturated carbocycles. The van der Waals surface area contributed by atoms with Gasteiger partial charge < -0.3 is 11.6 Å². The molecule has 1 aromatic heterocycles. The van der Waals surface area contributed by atoms with Crippen LogP contribution in [-0.2, 0) is 0 Å². The lowest BCUT2D eigenvalue weighted by Gasteiger charge is -1.99. The van der Waals surface area contributed by atoms with E-state index in [2.05, 4.69) is 20.9 Å². The molecule has 1 heterocycles. The predicted octanol–water partition coefficient (Wildman–Crippen LogP) is 1.40. The summed E-state index contributed by atoms with van der Waals surface area (Å²) in [4.78, 5) is 4.12. The largest absolute Gasteiger partial charge is 0.368 e. The second kappa shape index (κ2) is 2.63. The standard InChI is InChI=1S/C8H9BrN4/c1-4-2-5(9)7-6(3-4)12-8(10)13(7)11/h2-3H,11H2,1H3,(H2,10,12). The van der Waals surface area contributed by atoms with E-state index >= 15 is 0 Å². The minimum atomic E-state index is 0.321. The zero-order chi connectivity index (χ0) is 9.59. The molecule has 2 aromatic rings. The van der Waals surface area contributed by atoms with Gasteiger partial charge in [-0.15, -0.1) is 0 Å². The first-order chi connectivity index (χ1) is 6.09. The lowest BCUT2D eigenvalue weighted by atomic mass is 10.2. The Morgan fingerprint density at radius 3 is 2.85 bits per heavy atom. The normalized spacial score (nSPS) is 10.9. The molecule has 0 aliphatic carbocycles. The van der Waals surface area contributed by atoms with E-state index in [1.165, 1.54) is 4.68 Å². The van der Waals surface area contributed by atoms with Crippen LogP contribution in [0.3, 0.4) is 0 Å². The van der Waals surface area contributed by atoms with Crippen molar-refractivity contribution in [3.8, 4) is 0 Å². The van der Waals surface area contributed by atoms with Crippen LogP contribution in [0, 0.1) is 6.92 Å². The number of imidazole rings is 1. The minimum Gasteiger partial charge on any atom is -0.368 e. The van der Waals surface area contributed by atoms with Crippen LogP contribution in [0.1, 0.15) is 5.56 Å². The summed E-state index contributed by atoms with van der Waals surface area (Å²) in [6, 6.07) is 3.92. The highest BCUT2D eigenvalue weighted by molar-refractivity contribution is 9.10. The molecule has 4 nitrogen and oxygen atoms in total. The van der Waals surface area contributed by atoms with Gasteiger partial charge in [-0.3, -0.25) is 0 Å². The number of nitrogen functional groups attached to an aromatic ring is 2. The molecule has 0 spiro atoms. The molecule has 0 saturated heterocycles. The van der Waals surface area contributed by atoms with Crippen LogP contribution in [-0.4, -0.2) is 9.66 Å². The Morgan fingerprint density at radius 2 is 2.15 bits per heavy atom. The number of halogens is 1. The van der Waals surface area contributed by atoms with Crippen molar-refractivity contribution >= 4 is 32.9 Å². The number of benzene rings is 1. The maximum Gasteiger partial charge on any atom is 0.220 e. The van der Waals surface area contributed by atoms with Gasteiger partial charge in [0.05, 0.1) is 5.52 Å². The van der Waals surface area contributed by atoms with Gasteiger partial charge in [-0.25, -0.2) is 9.66 Å². The van der Waals surface area contributed by atoms with Crippen LogP contribution >= 0.6 is 15.9 Å². The highest BCUT2D eigenvalue weighted by Crippen LogP contribution is 2.25. The van der Waals surface area contributed by atoms with Crippen molar-refractivity contribution in [2.24, 2.45) is 0 Å². The maximum atomic E-state index is 5.69. The van der Waals surface area contributed by atoms with E-state index in [1.54, 1.807) is 0 Å². The van der Waals surface area contributed by atoms with Gasteiger partial charge in [0.2, 0.25) is 5.95 Å². The minimum absolute atomic E-state index is 0.321. The second-order valence-electron chi connectivity index (χ2n) is 2.95. The molecular weight excluding hydrogens is 232 g/mol. The lowest BCUT2D eigenvalue weighted by Crippen LogP contribution is -2.11. The Balaban J connectivity index is 2.94. The molecule has 1 aromatic carbocycles. The van der Waals surface area contributed by atoms with Gasteiger partial charge in [-0.1, -0.05) is 0 Å². The Morgan fingerprint density at radius 1 is 1.46 bits per heavy atom. The third-order valence-corrected chi connectivity index (χ3v) is 2.51. The summed E-state index contributed by atoms with van der Waals surface area (Å²) in [6.45, 7) is 2.00. The van der Waals surface area contributed by atoms with Crippen molar-refractivity contribution in [2.45, 2.75) is 6.92 Å². The molecule has 4 N–H and O–H groups in total. The molecule has 0 fully saturated rings. The van der Waals surface area contributed by atoms with Crippen molar-refractivity contribution < 1.29 is 0 Å². The number of nitrogens with two attached hydrogens (primary N) is 2. The first-order valence-electron chi connectivity index (χ1n) is 3.78. The van der Waals surface area contributed by atoms with Gasteiger partial charge in [0.1, 0.15) is 5.52 Å². The van der Waals surface area contributed by atoms with E-state index in [0.29, 0.717) is 5.95 Å². The summed E-state index contributed by atoms with van der Waals surface area (Å²) in [5.41, 5.74) is 8.33. The van der Waals surface area contributed by atoms with Crippen molar-refractivity contribution in [1.29, 1.82) is 0 Å². The fourth-order valence-corrected chi connectivity index (χ4v) is 2.09. The van der Waals surface area contributed by atoms with E-state index in [0.717, 1.165) is 21.1 Å². The molecule has 0 unspecified atom stereocenters. The first-order valence-corrected chi connectivity index (χ1v) is 4.58. The molecule has 5 heteroatoms. The summed E-state index contributed by atoms with van der Waals surface area (Å²) < 4.78 is 2.29. The average molecular weight is 241 g/mol. The second-order valence-corrected chi connectivity index (χ2v) is 3.81. The third-order valence-electron chi connectivity index (χ3n) is 1.91. The van der Waals surface area contributed by atoms with Gasteiger partial charge in [0.15, 0.2) is 0 Å². The van der Waals surface area contributed by atoms with Crippen LogP contribution in [0.25, 0.3) is 11.0 Å². The number of anilines is 1. The molecule has 2 rings (SSSR count). The summed E-state index contributed by atoms with van der Waals surface area (Å²) >= 11 is 3.42. The molecule has 13 heavy (non-hydrogen) atoms. The molecule has 0 aliphatic rings. The van der Waals surface area contributed by atoms with Gasteiger partial charge in [0.25, 0.3) is 0 Å². The van der Waals surface area contributed by atoms with E-state index in [-0.39, 0.29) is 0 Å². The van der Waals surface area contributed by atoms with Gasteiger partial charge >= 0.3 is 0 Å². The summed E-state index contributed by atoms with van der Waals surface area (Å²) in [5, 5.41) is 0. The van der Waals surface area contributed by atoms with Gasteiger partial charge in [0, 0.05) is 4.47 Å². The fraction of sp³-hybridized carbons (Fsp3) is 0.125. The quantitative estimate of drug-likeness (QED) is 0.685. The number of rotatable bonds is 0. The summed E-state index contributed by atoms with van der Waals surface area (Å²) in [7, 11) is 0. The summed E-state index contributed by atoms with van der Waals surface area (Å²) in [6.07, 6.45) is 0. The molecule has 0 amide bonds. The van der Waals surface area contributed by atoms with E-state index in [9.17, 15) is 0 Å². The number of hydrogen-bond donors (Lipinski definition) is 2. The zero-order valence-electron chi connectivity index (χ0n) is 7.08. The molecule has 0 radical (unpaired) electrons. The van der Waals surface area contributed by atoms with Crippen molar-refractivity contribution in [1.82, 2.24) is 9.66 Å². The van der Waals surface area contributed by atoms with Crippen molar-refractivity contribution in [2.75, 3.05) is 11.6 Å². The number of fused-ring (bicyclic) bond motifs is 1. The molecule has 0 aliphatic heterocycles. The highest BCUT2D eigenvalue weighted by Gasteiger charge is 2.08. The smallest absolute Gasteiger partial charge is 0.220 e. The molecule has 68 valence electrons. The fourth-order valence-electron chi connectivity index (χ4n) is 1.33.